The molecule has 34 heavy (non-hydrogen) atoms. The van der Waals surface area contributed by atoms with Gasteiger partial charge in [-0.3, -0.25) is 10.1 Å². The van der Waals surface area contributed by atoms with Crippen molar-refractivity contribution in [2.45, 2.75) is 52.6 Å². The van der Waals surface area contributed by atoms with Crippen molar-refractivity contribution >= 4 is 50.2 Å². The first-order valence-corrected chi connectivity index (χ1v) is 11.8. The molecular weight excluding hydrogens is 500 g/mol. The summed E-state index contributed by atoms with van der Waals surface area (Å²) in [6.07, 6.45) is 2.62. The predicted octanol–water partition coefficient (Wildman–Crippen LogP) is 6.24. The van der Waals surface area contributed by atoms with Gasteiger partial charge in [-0.05, 0) is 64.8 Å². The molecule has 180 valence electrons. The maximum atomic E-state index is 12.5. The summed E-state index contributed by atoms with van der Waals surface area (Å²) in [5.41, 5.74) is 2.03. The summed E-state index contributed by atoms with van der Waals surface area (Å²) in [6, 6.07) is 10.9. The van der Waals surface area contributed by atoms with Crippen molar-refractivity contribution in [1.29, 1.82) is 0 Å². The SMILES string of the molecule is Cc1ncnc2c(OCCCCC(=O)Nc3ccccc3NC(=O)OC(C)(C)C)cc(Br)cc12. The Morgan fingerprint density at radius 1 is 1.03 bits per heavy atom. The van der Waals surface area contributed by atoms with Gasteiger partial charge in [-0.1, -0.05) is 28.1 Å². The van der Waals surface area contributed by atoms with Gasteiger partial charge in [0, 0.05) is 22.0 Å². The summed E-state index contributed by atoms with van der Waals surface area (Å²) in [5, 5.41) is 6.47. The summed E-state index contributed by atoms with van der Waals surface area (Å²) in [7, 11) is 0. The van der Waals surface area contributed by atoms with E-state index in [2.05, 4.69) is 36.5 Å². The third-order valence-electron chi connectivity index (χ3n) is 4.76. The number of carbonyl (C=O) groups excluding carboxylic acids is 2. The number of anilines is 2. The van der Waals surface area contributed by atoms with E-state index in [1.54, 1.807) is 45.0 Å². The van der Waals surface area contributed by atoms with Crippen LogP contribution in [0.15, 0.2) is 47.2 Å². The minimum Gasteiger partial charge on any atom is -0.491 e. The Morgan fingerprint density at radius 2 is 1.74 bits per heavy atom. The monoisotopic (exact) mass is 528 g/mol. The molecule has 0 fully saturated rings. The third kappa shape index (κ3) is 7.41. The minimum absolute atomic E-state index is 0.144. The zero-order valence-electron chi connectivity index (χ0n) is 19.8. The molecule has 2 N–H and O–H groups in total. The molecule has 0 aliphatic rings. The molecular formula is C25H29BrN4O4. The molecule has 0 aliphatic heterocycles. The smallest absolute Gasteiger partial charge is 0.412 e. The van der Waals surface area contributed by atoms with E-state index in [1.165, 1.54) is 6.33 Å². The van der Waals surface area contributed by atoms with Gasteiger partial charge in [-0.2, -0.15) is 0 Å². The lowest BCUT2D eigenvalue weighted by molar-refractivity contribution is -0.116. The lowest BCUT2D eigenvalue weighted by Crippen LogP contribution is -2.27. The minimum atomic E-state index is -0.613. The number of aryl methyl sites for hydroxylation is 1. The molecule has 2 amide bonds. The van der Waals surface area contributed by atoms with Gasteiger partial charge in [-0.25, -0.2) is 14.8 Å². The zero-order valence-corrected chi connectivity index (χ0v) is 21.4. The molecule has 0 saturated heterocycles. The van der Waals surface area contributed by atoms with Crippen molar-refractivity contribution in [2.75, 3.05) is 17.2 Å². The highest BCUT2D eigenvalue weighted by Gasteiger charge is 2.17. The number of ether oxygens (including phenoxy) is 2. The predicted molar refractivity (Wildman–Crippen MR) is 136 cm³/mol. The fourth-order valence-corrected chi connectivity index (χ4v) is 3.67. The number of hydrogen-bond acceptors (Lipinski definition) is 6. The van der Waals surface area contributed by atoms with Crippen LogP contribution in [-0.2, 0) is 9.53 Å². The number of hydrogen-bond donors (Lipinski definition) is 2. The van der Waals surface area contributed by atoms with E-state index in [0.29, 0.717) is 43.0 Å². The Hall–Kier alpha value is -3.20. The summed E-state index contributed by atoms with van der Waals surface area (Å²) in [5.74, 6) is 0.538. The van der Waals surface area contributed by atoms with E-state index in [-0.39, 0.29) is 5.91 Å². The van der Waals surface area contributed by atoms with Crippen LogP contribution in [0.5, 0.6) is 5.75 Å². The molecule has 0 radical (unpaired) electrons. The Morgan fingerprint density at radius 3 is 2.44 bits per heavy atom. The van der Waals surface area contributed by atoms with E-state index >= 15 is 0 Å². The van der Waals surface area contributed by atoms with Crippen LogP contribution in [0.25, 0.3) is 10.9 Å². The number of carbonyl (C=O) groups is 2. The number of para-hydroxylation sites is 2. The van der Waals surface area contributed by atoms with Gasteiger partial charge in [0.15, 0.2) is 0 Å². The fourth-order valence-electron chi connectivity index (χ4n) is 3.23. The summed E-state index contributed by atoms with van der Waals surface area (Å²) >= 11 is 3.50. The van der Waals surface area contributed by atoms with E-state index in [4.69, 9.17) is 9.47 Å². The highest BCUT2D eigenvalue weighted by Crippen LogP contribution is 2.30. The second kappa shape index (κ2) is 11.3. The third-order valence-corrected chi connectivity index (χ3v) is 5.22. The summed E-state index contributed by atoms with van der Waals surface area (Å²) in [6.45, 7) is 7.76. The van der Waals surface area contributed by atoms with Gasteiger partial charge < -0.3 is 14.8 Å². The molecule has 9 heteroatoms. The molecule has 0 saturated carbocycles. The van der Waals surface area contributed by atoms with Crippen molar-refractivity contribution in [3.05, 3.63) is 52.9 Å². The van der Waals surface area contributed by atoms with Gasteiger partial charge in [0.25, 0.3) is 0 Å². The number of aromatic nitrogens is 2. The number of halogens is 1. The van der Waals surface area contributed by atoms with Gasteiger partial charge in [0.2, 0.25) is 5.91 Å². The second-order valence-corrected chi connectivity index (χ2v) is 9.70. The fraction of sp³-hybridized carbons (Fsp3) is 0.360. The molecule has 0 atom stereocenters. The number of amides is 2. The van der Waals surface area contributed by atoms with E-state index in [0.717, 1.165) is 21.1 Å². The molecule has 3 aromatic rings. The van der Waals surface area contributed by atoms with E-state index < -0.39 is 11.7 Å². The van der Waals surface area contributed by atoms with Crippen LogP contribution in [0, 0.1) is 6.92 Å². The van der Waals surface area contributed by atoms with Crippen LogP contribution in [0.3, 0.4) is 0 Å². The summed E-state index contributed by atoms with van der Waals surface area (Å²) < 4.78 is 12.1. The Balaban J connectivity index is 1.49. The number of rotatable bonds is 8. The van der Waals surface area contributed by atoms with Gasteiger partial charge in [0.1, 0.15) is 23.2 Å². The molecule has 0 spiro atoms. The van der Waals surface area contributed by atoms with Crippen molar-refractivity contribution in [3.8, 4) is 5.75 Å². The maximum absolute atomic E-state index is 12.5. The van der Waals surface area contributed by atoms with Crippen LogP contribution in [0.1, 0.15) is 45.7 Å². The van der Waals surface area contributed by atoms with Crippen LogP contribution >= 0.6 is 15.9 Å². The molecule has 0 bridgehead atoms. The highest BCUT2D eigenvalue weighted by atomic mass is 79.9. The van der Waals surface area contributed by atoms with Gasteiger partial charge >= 0.3 is 6.09 Å². The standard InChI is InChI=1S/C25H29BrN4O4/c1-16-18-13-17(26)14-21(23(18)28-15-27-16)33-12-8-7-11-22(31)29-19-9-5-6-10-20(19)30-24(32)34-25(2,3)4/h5-6,9-10,13-15H,7-8,11-12H2,1-4H3,(H,29,31)(H,30,32). The molecule has 1 aromatic heterocycles. The van der Waals surface area contributed by atoms with E-state index in [9.17, 15) is 9.59 Å². The Labute approximate surface area is 207 Å². The number of benzene rings is 2. The first kappa shape index (κ1) is 25.4. The first-order chi connectivity index (χ1) is 16.1. The summed E-state index contributed by atoms with van der Waals surface area (Å²) in [4.78, 5) is 33.1. The first-order valence-electron chi connectivity index (χ1n) is 11.0. The van der Waals surface area contributed by atoms with Crippen molar-refractivity contribution < 1.29 is 19.1 Å². The lowest BCUT2D eigenvalue weighted by Gasteiger charge is -2.20. The molecule has 2 aromatic carbocycles. The molecule has 1 heterocycles. The Bertz CT molecular complexity index is 1180. The van der Waals surface area contributed by atoms with Crippen LogP contribution in [-0.4, -0.2) is 34.2 Å². The van der Waals surface area contributed by atoms with Crippen LogP contribution in [0.2, 0.25) is 0 Å². The average Bonchev–Trinajstić information content (AvgIpc) is 2.74. The number of unbranched alkanes of at least 4 members (excludes halogenated alkanes) is 1. The number of nitrogens with one attached hydrogen (secondary N) is 2. The average molecular weight is 529 g/mol. The van der Waals surface area contributed by atoms with Crippen LogP contribution in [0.4, 0.5) is 16.2 Å². The number of fused-ring (bicyclic) bond motifs is 1. The molecule has 0 aliphatic carbocycles. The zero-order chi connectivity index (χ0) is 24.7. The largest absolute Gasteiger partial charge is 0.491 e. The number of nitrogens with zero attached hydrogens (tertiary/aromatic N) is 2. The van der Waals surface area contributed by atoms with Crippen molar-refractivity contribution in [1.82, 2.24) is 9.97 Å². The molecule has 8 nitrogen and oxygen atoms in total. The second-order valence-electron chi connectivity index (χ2n) is 8.79. The van der Waals surface area contributed by atoms with Crippen molar-refractivity contribution in [3.63, 3.8) is 0 Å². The molecule has 3 rings (SSSR count). The van der Waals surface area contributed by atoms with Crippen LogP contribution < -0.4 is 15.4 Å². The quantitative estimate of drug-likeness (QED) is 0.335. The normalized spacial score (nSPS) is 11.2. The lowest BCUT2D eigenvalue weighted by atomic mass is 10.2. The Kier molecular flexibility index (Phi) is 8.44. The van der Waals surface area contributed by atoms with Gasteiger partial charge in [-0.15, -0.1) is 0 Å². The maximum Gasteiger partial charge on any atom is 0.412 e. The topological polar surface area (TPSA) is 102 Å². The van der Waals surface area contributed by atoms with Crippen molar-refractivity contribution in [2.24, 2.45) is 0 Å². The molecule has 0 unspecified atom stereocenters. The van der Waals surface area contributed by atoms with E-state index in [1.807, 2.05) is 19.1 Å². The highest BCUT2D eigenvalue weighted by molar-refractivity contribution is 9.10. The van der Waals surface area contributed by atoms with Gasteiger partial charge in [0.05, 0.1) is 18.0 Å².